The van der Waals surface area contributed by atoms with Crippen LogP contribution in [0.15, 0.2) is 85.1 Å². The van der Waals surface area contributed by atoms with Gasteiger partial charge in [0, 0.05) is 30.0 Å². The van der Waals surface area contributed by atoms with Crippen LogP contribution in [0.5, 0.6) is 0 Å². The van der Waals surface area contributed by atoms with Gasteiger partial charge < -0.3 is 10.6 Å². The molecule has 0 saturated carbocycles. The van der Waals surface area contributed by atoms with E-state index in [1.165, 1.54) is 23.3 Å². The van der Waals surface area contributed by atoms with Gasteiger partial charge in [-0.1, -0.05) is 36.4 Å². The van der Waals surface area contributed by atoms with E-state index in [4.69, 9.17) is 0 Å². The van der Waals surface area contributed by atoms with Crippen LogP contribution in [0.4, 0.5) is 18.9 Å². The largest absolute Gasteiger partial charge is 0.416 e. The van der Waals surface area contributed by atoms with Crippen molar-refractivity contribution in [3.63, 3.8) is 0 Å². The topological polar surface area (TPSA) is 54.0 Å². The summed E-state index contributed by atoms with van der Waals surface area (Å²) in [5.41, 5.74) is 5.80. The number of halogens is 4. The van der Waals surface area contributed by atoms with Crippen LogP contribution in [0.25, 0.3) is 11.1 Å². The molecule has 8 heteroatoms. The molecule has 5 rings (SSSR count). The summed E-state index contributed by atoms with van der Waals surface area (Å²) in [6.07, 6.45) is -0.864. The number of aromatic nitrogens is 1. The number of hydrogen-bond donors (Lipinski definition) is 2. The summed E-state index contributed by atoms with van der Waals surface area (Å²) in [5, 5.41) is 6.54. The molecule has 0 aliphatic heterocycles. The van der Waals surface area contributed by atoms with E-state index in [0.29, 0.717) is 35.0 Å². The van der Waals surface area contributed by atoms with Crippen LogP contribution < -0.4 is 10.6 Å². The number of nitrogens with zero attached hydrogens (tertiary/aromatic N) is 1. The van der Waals surface area contributed by atoms with E-state index >= 15 is 0 Å². The van der Waals surface area contributed by atoms with E-state index in [9.17, 15) is 18.0 Å². The Hall–Kier alpha value is -3.68. The molecule has 1 aliphatic rings. The molecule has 0 spiro atoms. The molecule has 0 bridgehead atoms. The van der Waals surface area contributed by atoms with Crippen molar-refractivity contribution in [2.75, 3.05) is 5.32 Å². The van der Waals surface area contributed by atoms with E-state index in [-0.39, 0.29) is 18.3 Å². The zero-order valence-corrected chi connectivity index (χ0v) is 21.5. The third kappa shape index (κ3) is 6.06. The number of alkyl halides is 3. The lowest BCUT2D eigenvalue weighted by molar-refractivity contribution is -0.137. The van der Waals surface area contributed by atoms with E-state index in [1.807, 2.05) is 49.4 Å². The fraction of sp³-hybridized carbons (Fsp3) is 0.200. The highest BCUT2D eigenvalue weighted by Gasteiger charge is 2.30. The molecule has 38 heavy (non-hydrogen) atoms. The van der Waals surface area contributed by atoms with Crippen LogP contribution in [0.3, 0.4) is 0 Å². The first kappa shape index (κ1) is 27.4. The monoisotopic (exact) mass is 537 g/mol. The van der Waals surface area contributed by atoms with Crippen LogP contribution in [0.2, 0.25) is 0 Å². The smallest absolute Gasteiger partial charge is 0.322 e. The van der Waals surface area contributed by atoms with Gasteiger partial charge in [0.2, 0.25) is 0 Å². The minimum absolute atomic E-state index is 0. The van der Waals surface area contributed by atoms with Crippen LogP contribution in [-0.4, -0.2) is 16.9 Å². The van der Waals surface area contributed by atoms with E-state index in [1.54, 1.807) is 18.3 Å². The Labute approximate surface area is 225 Å². The Morgan fingerprint density at radius 2 is 1.71 bits per heavy atom. The first-order valence-electron chi connectivity index (χ1n) is 12.1. The normalized spacial score (nSPS) is 14.5. The van der Waals surface area contributed by atoms with Gasteiger partial charge in [0.1, 0.15) is 0 Å². The zero-order valence-electron chi connectivity index (χ0n) is 20.7. The maximum absolute atomic E-state index is 13.3. The summed E-state index contributed by atoms with van der Waals surface area (Å²) in [6, 6.07) is 22.3. The number of fused-ring (bicyclic) bond motifs is 1. The Bertz CT molecular complexity index is 1420. The van der Waals surface area contributed by atoms with Gasteiger partial charge in [-0.05, 0) is 90.0 Å². The highest BCUT2D eigenvalue weighted by atomic mass is 35.5. The van der Waals surface area contributed by atoms with Crippen LogP contribution in [0.1, 0.15) is 38.3 Å². The molecule has 0 fully saturated rings. The molecule has 1 aromatic heterocycles. The molecular formula is C30H27ClF3N3O. The van der Waals surface area contributed by atoms with Crippen molar-refractivity contribution < 1.29 is 18.0 Å². The number of carbonyl (C=O) groups is 1. The van der Waals surface area contributed by atoms with Gasteiger partial charge in [-0.3, -0.25) is 9.78 Å². The zero-order chi connectivity index (χ0) is 26.0. The standard InChI is InChI=1S/C30H26F3N3O.ClH/c1-19-5-4-7-27(28(19)20-8-11-23(12-9-20)30(31,32)33)29(37)36-24-13-10-21-15-26(17-22(21)16-24)35-18-25-6-2-3-14-34-25;/h2-14,16,26,35H,15,17-18H2,1H3,(H,36,37);1H/t26-;/m1./s1. The predicted octanol–water partition coefficient (Wildman–Crippen LogP) is 7.01. The Balaban J connectivity index is 0.00000336. The SMILES string of the molecule is Cc1cccc(C(=O)Nc2ccc3c(c2)C[C@H](NCc2ccccn2)C3)c1-c1ccc(C(F)(F)F)cc1.Cl. The number of aryl methyl sites for hydroxylation is 1. The number of carbonyl (C=O) groups excluding carboxylic acids is 1. The van der Waals surface area contributed by atoms with Crippen molar-refractivity contribution >= 4 is 24.0 Å². The number of hydrogen-bond acceptors (Lipinski definition) is 3. The van der Waals surface area contributed by atoms with E-state index in [0.717, 1.165) is 36.2 Å². The number of rotatable bonds is 6. The van der Waals surface area contributed by atoms with Crippen molar-refractivity contribution in [1.82, 2.24) is 10.3 Å². The fourth-order valence-corrected chi connectivity index (χ4v) is 4.86. The van der Waals surface area contributed by atoms with Crippen LogP contribution in [0, 0.1) is 6.92 Å². The molecule has 1 atom stereocenters. The first-order valence-corrected chi connectivity index (χ1v) is 12.1. The summed E-state index contributed by atoms with van der Waals surface area (Å²) in [4.78, 5) is 17.7. The Kier molecular flexibility index (Phi) is 8.19. The highest BCUT2D eigenvalue weighted by Crippen LogP contribution is 2.34. The molecule has 196 valence electrons. The molecule has 4 aromatic rings. The van der Waals surface area contributed by atoms with E-state index < -0.39 is 11.7 Å². The van der Waals surface area contributed by atoms with Crippen LogP contribution >= 0.6 is 12.4 Å². The first-order chi connectivity index (χ1) is 17.8. The van der Waals surface area contributed by atoms with Crippen molar-refractivity contribution in [3.05, 3.63) is 119 Å². The maximum Gasteiger partial charge on any atom is 0.416 e. The van der Waals surface area contributed by atoms with Gasteiger partial charge in [-0.25, -0.2) is 0 Å². The Morgan fingerprint density at radius 3 is 2.42 bits per heavy atom. The molecule has 0 unspecified atom stereocenters. The number of pyridine rings is 1. The van der Waals surface area contributed by atoms with Crippen LogP contribution in [-0.2, 0) is 25.6 Å². The summed E-state index contributed by atoms with van der Waals surface area (Å²) >= 11 is 0. The molecule has 0 saturated heterocycles. The lowest BCUT2D eigenvalue weighted by Crippen LogP contribution is -2.29. The second-order valence-corrected chi connectivity index (χ2v) is 9.32. The maximum atomic E-state index is 13.3. The van der Waals surface area contributed by atoms with Gasteiger partial charge in [0.25, 0.3) is 5.91 Å². The van der Waals surface area contributed by atoms with Gasteiger partial charge >= 0.3 is 6.18 Å². The fourth-order valence-electron chi connectivity index (χ4n) is 4.86. The summed E-state index contributed by atoms with van der Waals surface area (Å²) in [5.74, 6) is -0.304. The molecule has 3 aromatic carbocycles. The van der Waals surface area contributed by atoms with Crippen molar-refractivity contribution in [3.8, 4) is 11.1 Å². The van der Waals surface area contributed by atoms with Gasteiger partial charge in [-0.2, -0.15) is 13.2 Å². The predicted molar refractivity (Wildman–Crippen MR) is 146 cm³/mol. The summed E-state index contributed by atoms with van der Waals surface area (Å²) in [7, 11) is 0. The third-order valence-electron chi connectivity index (χ3n) is 6.71. The molecule has 0 radical (unpaired) electrons. The number of amides is 1. The summed E-state index contributed by atoms with van der Waals surface area (Å²) in [6.45, 7) is 2.54. The number of nitrogens with one attached hydrogen (secondary N) is 2. The second-order valence-electron chi connectivity index (χ2n) is 9.32. The molecule has 1 amide bonds. The quantitative estimate of drug-likeness (QED) is 0.278. The van der Waals surface area contributed by atoms with Crippen molar-refractivity contribution in [2.24, 2.45) is 0 Å². The second kappa shape index (κ2) is 11.4. The van der Waals surface area contributed by atoms with Crippen molar-refractivity contribution in [2.45, 2.75) is 38.5 Å². The molecule has 1 heterocycles. The molecular weight excluding hydrogens is 511 g/mol. The van der Waals surface area contributed by atoms with Gasteiger partial charge in [-0.15, -0.1) is 12.4 Å². The summed E-state index contributed by atoms with van der Waals surface area (Å²) < 4.78 is 39.1. The number of benzene rings is 3. The van der Waals surface area contributed by atoms with E-state index in [2.05, 4.69) is 15.6 Å². The average Bonchev–Trinajstić information content (AvgIpc) is 3.30. The number of anilines is 1. The molecule has 4 nitrogen and oxygen atoms in total. The molecule has 1 aliphatic carbocycles. The third-order valence-corrected chi connectivity index (χ3v) is 6.71. The highest BCUT2D eigenvalue weighted by molar-refractivity contribution is 6.09. The average molecular weight is 538 g/mol. The van der Waals surface area contributed by atoms with Gasteiger partial charge in [0.05, 0.1) is 11.3 Å². The Morgan fingerprint density at radius 1 is 0.947 bits per heavy atom. The lowest BCUT2D eigenvalue weighted by atomic mass is 9.93. The van der Waals surface area contributed by atoms with Crippen molar-refractivity contribution in [1.29, 1.82) is 0 Å². The molecule has 2 N–H and O–H groups in total. The van der Waals surface area contributed by atoms with Gasteiger partial charge in [0.15, 0.2) is 0 Å². The minimum atomic E-state index is -4.41. The minimum Gasteiger partial charge on any atom is -0.322 e. The lowest BCUT2D eigenvalue weighted by Gasteiger charge is -2.15.